The van der Waals surface area contributed by atoms with E-state index >= 15 is 0 Å². The second-order valence-corrected chi connectivity index (χ2v) is 7.68. The van der Waals surface area contributed by atoms with E-state index in [9.17, 15) is 13.2 Å². The van der Waals surface area contributed by atoms with Gasteiger partial charge in [0.2, 0.25) is 0 Å². The second kappa shape index (κ2) is 11.3. The number of carbonyl (C=O) groups excluding carboxylic acids is 1. The molecule has 2 aromatic carbocycles. The average Bonchev–Trinajstić information content (AvgIpc) is 2.72. The van der Waals surface area contributed by atoms with Crippen molar-refractivity contribution in [2.45, 2.75) is 18.2 Å². The Morgan fingerprint density at radius 3 is 2.52 bits per heavy atom. The van der Waals surface area contributed by atoms with Gasteiger partial charge in [0.05, 0.1) is 17.7 Å². The van der Waals surface area contributed by atoms with Crippen molar-refractivity contribution in [1.29, 1.82) is 0 Å². The summed E-state index contributed by atoms with van der Waals surface area (Å²) in [7, 11) is -2.25. The number of hydrogen-bond acceptors (Lipinski definition) is 6. The number of sulfonamides is 1. The van der Waals surface area contributed by atoms with Crippen LogP contribution < -0.4 is 19.5 Å². The molecule has 0 aliphatic carbocycles. The van der Waals surface area contributed by atoms with Gasteiger partial charge in [-0.1, -0.05) is 6.07 Å². The zero-order valence-corrected chi connectivity index (χ0v) is 17.3. The summed E-state index contributed by atoms with van der Waals surface area (Å²) in [6.07, 6.45) is 0.729. The van der Waals surface area contributed by atoms with Crippen LogP contribution in [0.5, 0.6) is 11.5 Å². The second-order valence-electron chi connectivity index (χ2n) is 6.00. The topological polar surface area (TPSA) is 103 Å². The fourth-order valence-corrected chi connectivity index (χ4v) is 3.41. The summed E-state index contributed by atoms with van der Waals surface area (Å²) in [5.41, 5.74) is 0.394. The van der Waals surface area contributed by atoms with Gasteiger partial charge in [-0.15, -0.1) is 0 Å². The first-order chi connectivity index (χ1) is 13.9. The SMILES string of the molecule is CCOCCCNC(=O)COc1ccc(S(=O)(=O)Nc2cccc(OC)c2)cc1. The van der Waals surface area contributed by atoms with Crippen LogP contribution in [-0.4, -0.2) is 47.8 Å². The number of methoxy groups -OCH3 is 1. The van der Waals surface area contributed by atoms with Crippen molar-refractivity contribution in [3.8, 4) is 11.5 Å². The number of anilines is 1. The molecule has 0 spiro atoms. The molecular formula is C20H26N2O6S. The molecule has 0 atom stereocenters. The van der Waals surface area contributed by atoms with Crippen molar-refractivity contribution in [3.05, 3.63) is 48.5 Å². The summed E-state index contributed by atoms with van der Waals surface area (Å²) in [6, 6.07) is 12.5. The molecule has 0 heterocycles. The molecule has 0 fully saturated rings. The van der Waals surface area contributed by atoms with Crippen molar-refractivity contribution >= 4 is 21.6 Å². The number of amides is 1. The average molecular weight is 423 g/mol. The highest BCUT2D eigenvalue weighted by Crippen LogP contribution is 2.22. The molecule has 2 aromatic rings. The summed E-state index contributed by atoms with van der Waals surface area (Å²) in [4.78, 5) is 11.8. The highest BCUT2D eigenvalue weighted by molar-refractivity contribution is 7.92. The van der Waals surface area contributed by atoms with Gasteiger partial charge >= 0.3 is 0 Å². The van der Waals surface area contributed by atoms with E-state index in [1.165, 1.54) is 31.4 Å². The summed E-state index contributed by atoms with van der Waals surface area (Å²) in [6.45, 7) is 3.52. The molecule has 2 rings (SSSR count). The molecule has 158 valence electrons. The van der Waals surface area contributed by atoms with Crippen LogP contribution in [-0.2, 0) is 19.6 Å². The van der Waals surface area contributed by atoms with E-state index in [1.807, 2.05) is 6.92 Å². The molecule has 0 bridgehead atoms. The Bertz CT molecular complexity index is 884. The molecule has 0 radical (unpaired) electrons. The van der Waals surface area contributed by atoms with E-state index in [-0.39, 0.29) is 17.4 Å². The predicted octanol–water partition coefficient (Wildman–Crippen LogP) is 2.42. The third kappa shape index (κ3) is 7.63. The Labute approximate surface area is 171 Å². The molecule has 0 aliphatic heterocycles. The first-order valence-electron chi connectivity index (χ1n) is 9.19. The third-order valence-corrected chi connectivity index (χ3v) is 5.21. The fraction of sp³-hybridized carbons (Fsp3) is 0.350. The van der Waals surface area contributed by atoms with Crippen molar-refractivity contribution < 1.29 is 27.4 Å². The Morgan fingerprint density at radius 1 is 1.07 bits per heavy atom. The van der Waals surface area contributed by atoms with Crippen LogP contribution in [0.3, 0.4) is 0 Å². The summed E-state index contributed by atoms with van der Waals surface area (Å²) in [5, 5.41) is 2.72. The lowest BCUT2D eigenvalue weighted by atomic mass is 10.3. The Hall–Kier alpha value is -2.78. The van der Waals surface area contributed by atoms with Gasteiger partial charge in [0.1, 0.15) is 11.5 Å². The van der Waals surface area contributed by atoms with Crippen LogP contribution in [0.25, 0.3) is 0 Å². The van der Waals surface area contributed by atoms with E-state index < -0.39 is 10.0 Å². The van der Waals surface area contributed by atoms with Gasteiger partial charge in [-0.05, 0) is 49.7 Å². The van der Waals surface area contributed by atoms with Crippen LogP contribution in [0.1, 0.15) is 13.3 Å². The summed E-state index contributed by atoms with van der Waals surface area (Å²) < 4.78 is 43.2. The highest BCUT2D eigenvalue weighted by atomic mass is 32.2. The molecule has 9 heteroatoms. The van der Waals surface area contributed by atoms with E-state index in [0.29, 0.717) is 36.9 Å². The van der Waals surface area contributed by atoms with Crippen LogP contribution in [0, 0.1) is 0 Å². The van der Waals surface area contributed by atoms with Gasteiger partial charge in [0.25, 0.3) is 15.9 Å². The number of carbonyl (C=O) groups is 1. The number of ether oxygens (including phenoxy) is 3. The smallest absolute Gasteiger partial charge is 0.261 e. The molecule has 1 amide bonds. The molecule has 0 unspecified atom stereocenters. The minimum absolute atomic E-state index is 0.0769. The quantitative estimate of drug-likeness (QED) is 0.509. The highest BCUT2D eigenvalue weighted by Gasteiger charge is 2.15. The zero-order valence-electron chi connectivity index (χ0n) is 16.5. The maximum Gasteiger partial charge on any atom is 0.261 e. The first kappa shape index (κ1) is 22.5. The number of rotatable bonds is 12. The zero-order chi connectivity index (χ0) is 21.1. The third-order valence-electron chi connectivity index (χ3n) is 3.82. The maximum absolute atomic E-state index is 12.5. The lowest BCUT2D eigenvalue weighted by molar-refractivity contribution is -0.123. The number of benzene rings is 2. The van der Waals surface area contributed by atoms with Crippen LogP contribution in [0.2, 0.25) is 0 Å². The Balaban J connectivity index is 1.86. The predicted molar refractivity (Wildman–Crippen MR) is 110 cm³/mol. The minimum Gasteiger partial charge on any atom is -0.497 e. The largest absolute Gasteiger partial charge is 0.497 e. The summed E-state index contributed by atoms with van der Waals surface area (Å²) in [5.74, 6) is 0.692. The first-order valence-corrected chi connectivity index (χ1v) is 10.7. The van der Waals surface area contributed by atoms with Gasteiger partial charge < -0.3 is 19.5 Å². The van der Waals surface area contributed by atoms with Gasteiger partial charge in [-0.3, -0.25) is 9.52 Å². The molecular weight excluding hydrogens is 396 g/mol. The van der Waals surface area contributed by atoms with Crippen molar-refractivity contribution in [2.24, 2.45) is 0 Å². The van der Waals surface area contributed by atoms with Gasteiger partial charge in [0.15, 0.2) is 6.61 Å². The van der Waals surface area contributed by atoms with E-state index in [4.69, 9.17) is 14.2 Å². The Kier molecular flexibility index (Phi) is 8.75. The van der Waals surface area contributed by atoms with E-state index in [0.717, 1.165) is 6.42 Å². The molecule has 0 aromatic heterocycles. The van der Waals surface area contributed by atoms with Gasteiger partial charge in [-0.25, -0.2) is 8.42 Å². The lowest BCUT2D eigenvalue weighted by Gasteiger charge is -2.11. The monoisotopic (exact) mass is 422 g/mol. The lowest BCUT2D eigenvalue weighted by Crippen LogP contribution is -2.30. The van der Waals surface area contributed by atoms with E-state index in [2.05, 4.69) is 10.0 Å². The molecule has 0 saturated carbocycles. The molecule has 0 aliphatic rings. The van der Waals surface area contributed by atoms with Crippen molar-refractivity contribution in [2.75, 3.05) is 38.2 Å². The minimum atomic E-state index is -3.76. The number of nitrogens with one attached hydrogen (secondary N) is 2. The van der Waals surface area contributed by atoms with Crippen molar-refractivity contribution in [3.63, 3.8) is 0 Å². The van der Waals surface area contributed by atoms with Crippen molar-refractivity contribution in [1.82, 2.24) is 5.32 Å². The maximum atomic E-state index is 12.5. The van der Waals surface area contributed by atoms with Crippen LogP contribution in [0.15, 0.2) is 53.4 Å². The molecule has 0 saturated heterocycles. The number of hydrogen-bond donors (Lipinski definition) is 2. The normalized spacial score (nSPS) is 11.0. The molecule has 2 N–H and O–H groups in total. The fourth-order valence-electron chi connectivity index (χ4n) is 2.36. The Morgan fingerprint density at radius 2 is 1.83 bits per heavy atom. The van der Waals surface area contributed by atoms with Gasteiger partial charge in [0, 0.05) is 25.8 Å². The molecule has 8 nitrogen and oxygen atoms in total. The van der Waals surface area contributed by atoms with Crippen LogP contribution in [0.4, 0.5) is 5.69 Å². The summed E-state index contributed by atoms with van der Waals surface area (Å²) >= 11 is 0. The standard InChI is InChI=1S/C20H26N2O6S/c1-3-27-13-5-12-21-20(23)15-28-17-8-10-19(11-9-17)29(24,25)22-16-6-4-7-18(14-16)26-2/h4,6-11,14,22H,3,5,12-13,15H2,1-2H3,(H,21,23). The van der Waals surface area contributed by atoms with E-state index in [1.54, 1.807) is 24.3 Å². The molecule has 29 heavy (non-hydrogen) atoms. The van der Waals surface area contributed by atoms with Gasteiger partial charge in [-0.2, -0.15) is 0 Å². The van der Waals surface area contributed by atoms with Crippen LogP contribution >= 0.6 is 0 Å².